The van der Waals surface area contributed by atoms with Crippen LogP contribution in [0.2, 0.25) is 0 Å². The highest BCUT2D eigenvalue weighted by molar-refractivity contribution is 6.08. The minimum absolute atomic E-state index is 0.101. The second-order valence-electron chi connectivity index (χ2n) is 12.4. The lowest BCUT2D eigenvalue weighted by Crippen LogP contribution is -2.28. The minimum Gasteiger partial charge on any atom is -0.507 e. The van der Waals surface area contributed by atoms with Crippen LogP contribution in [0.25, 0.3) is 10.9 Å². The number of aromatic nitrogens is 1. The minimum atomic E-state index is -0.471. The Labute approximate surface area is 215 Å². The van der Waals surface area contributed by atoms with Crippen molar-refractivity contribution in [1.29, 1.82) is 0 Å². The van der Waals surface area contributed by atoms with E-state index in [0.29, 0.717) is 22.3 Å². The number of fused-ring (bicyclic) bond motifs is 1. The second-order valence-corrected chi connectivity index (χ2v) is 12.4. The van der Waals surface area contributed by atoms with Crippen molar-refractivity contribution >= 4 is 22.5 Å². The number of anilines is 1. The summed E-state index contributed by atoms with van der Waals surface area (Å²) in [7, 11) is 0. The Hall–Kier alpha value is -3.08. The van der Waals surface area contributed by atoms with Crippen LogP contribution in [0.3, 0.4) is 0 Å². The lowest BCUT2D eigenvalue weighted by molar-refractivity contribution is 0.102. The summed E-state index contributed by atoms with van der Waals surface area (Å²) in [5.41, 5.74) is 8.63. The molecule has 1 amide bonds. The molecule has 194 valence electrons. The number of aromatic amines is 1. The van der Waals surface area contributed by atoms with Crippen LogP contribution in [0.4, 0.5) is 5.69 Å². The number of aryl methyl sites for hydroxylation is 3. The van der Waals surface area contributed by atoms with Gasteiger partial charge in [-0.1, -0.05) is 41.5 Å². The molecule has 0 aliphatic heterocycles. The highest BCUT2D eigenvalue weighted by atomic mass is 16.3. The van der Waals surface area contributed by atoms with Gasteiger partial charge in [-0.25, -0.2) is 0 Å². The van der Waals surface area contributed by atoms with Crippen LogP contribution in [-0.4, -0.2) is 16.0 Å². The Balaban J connectivity index is 2.32. The Morgan fingerprint density at radius 2 is 1.22 bits per heavy atom. The standard InChI is InChI=1S/C31H42N2O3/c1-14-15(2)17(4)25-21(16(14)3)28(35)22(20(7)32-25)29(36)33-26-19(6)27(34)24(31(11,12)13)18(5)23(26)30(8,9)10/h34H,1-13H3,(H,32,35)(H,33,36). The van der Waals surface area contributed by atoms with Crippen LogP contribution >= 0.6 is 0 Å². The highest BCUT2D eigenvalue weighted by Gasteiger charge is 2.32. The van der Waals surface area contributed by atoms with Crippen molar-refractivity contribution in [1.82, 2.24) is 4.98 Å². The van der Waals surface area contributed by atoms with Gasteiger partial charge >= 0.3 is 0 Å². The number of rotatable bonds is 2. The van der Waals surface area contributed by atoms with Gasteiger partial charge in [-0.15, -0.1) is 0 Å². The molecule has 0 bridgehead atoms. The first kappa shape index (κ1) is 27.5. The maximum absolute atomic E-state index is 13.8. The molecule has 0 saturated carbocycles. The first-order chi connectivity index (χ1) is 16.3. The first-order valence-corrected chi connectivity index (χ1v) is 12.6. The van der Waals surface area contributed by atoms with Crippen molar-refractivity contribution in [3.05, 3.63) is 66.0 Å². The third-order valence-electron chi connectivity index (χ3n) is 7.76. The molecule has 1 aromatic heterocycles. The summed E-state index contributed by atoms with van der Waals surface area (Å²) < 4.78 is 0. The van der Waals surface area contributed by atoms with E-state index < -0.39 is 5.91 Å². The van der Waals surface area contributed by atoms with Crippen LogP contribution in [0.5, 0.6) is 5.75 Å². The predicted molar refractivity (Wildman–Crippen MR) is 151 cm³/mol. The van der Waals surface area contributed by atoms with E-state index in [0.717, 1.165) is 44.5 Å². The van der Waals surface area contributed by atoms with Crippen LogP contribution in [-0.2, 0) is 10.8 Å². The fourth-order valence-electron chi connectivity index (χ4n) is 5.74. The van der Waals surface area contributed by atoms with Crippen LogP contribution in [0.1, 0.15) is 102 Å². The smallest absolute Gasteiger partial charge is 0.261 e. The predicted octanol–water partition coefficient (Wildman–Crippen LogP) is 7.24. The van der Waals surface area contributed by atoms with Crippen molar-refractivity contribution < 1.29 is 9.90 Å². The Morgan fingerprint density at radius 1 is 0.722 bits per heavy atom. The van der Waals surface area contributed by atoms with E-state index in [4.69, 9.17) is 0 Å². The van der Waals surface area contributed by atoms with Crippen molar-refractivity contribution in [2.75, 3.05) is 5.32 Å². The molecular weight excluding hydrogens is 448 g/mol. The van der Waals surface area contributed by atoms with Crippen molar-refractivity contribution in [3.63, 3.8) is 0 Å². The molecule has 0 radical (unpaired) electrons. The number of carbonyl (C=O) groups excluding carboxylic acids is 1. The molecular formula is C31H42N2O3. The number of phenolic OH excluding ortho intramolecular Hbond substituents is 1. The number of amides is 1. The second kappa shape index (κ2) is 8.79. The van der Waals surface area contributed by atoms with E-state index in [2.05, 4.69) is 58.8 Å². The van der Waals surface area contributed by atoms with E-state index in [-0.39, 0.29) is 27.6 Å². The van der Waals surface area contributed by atoms with E-state index in [9.17, 15) is 14.7 Å². The summed E-state index contributed by atoms with van der Waals surface area (Å²) in [6.07, 6.45) is 0. The molecule has 2 aromatic carbocycles. The van der Waals surface area contributed by atoms with E-state index >= 15 is 0 Å². The molecule has 36 heavy (non-hydrogen) atoms. The van der Waals surface area contributed by atoms with Gasteiger partial charge in [0, 0.05) is 22.2 Å². The average molecular weight is 491 g/mol. The number of phenols is 1. The molecule has 3 rings (SSSR count). The van der Waals surface area contributed by atoms with Crippen molar-refractivity contribution in [2.45, 2.75) is 101 Å². The quantitative estimate of drug-likeness (QED) is 0.354. The molecule has 0 fully saturated rings. The molecule has 0 atom stereocenters. The maximum atomic E-state index is 13.8. The van der Waals surface area contributed by atoms with Crippen molar-refractivity contribution in [3.8, 4) is 5.75 Å². The maximum Gasteiger partial charge on any atom is 0.261 e. The fraction of sp³-hybridized carbons (Fsp3) is 0.484. The van der Waals surface area contributed by atoms with Crippen LogP contribution < -0.4 is 10.7 Å². The summed E-state index contributed by atoms with van der Waals surface area (Å²) in [4.78, 5) is 30.9. The van der Waals surface area contributed by atoms with Crippen molar-refractivity contribution in [2.24, 2.45) is 0 Å². The molecule has 0 unspecified atom stereocenters. The molecule has 0 aliphatic rings. The van der Waals surface area contributed by atoms with Crippen LogP contribution in [0.15, 0.2) is 4.79 Å². The summed E-state index contributed by atoms with van der Waals surface area (Å²) in [5, 5.41) is 14.8. The lowest BCUT2D eigenvalue weighted by Gasteiger charge is -2.33. The zero-order valence-corrected chi connectivity index (χ0v) is 24.3. The van der Waals surface area contributed by atoms with Gasteiger partial charge in [0.2, 0.25) is 5.43 Å². The molecule has 3 aromatic rings. The third kappa shape index (κ3) is 4.23. The number of aromatic hydroxyl groups is 1. The zero-order valence-electron chi connectivity index (χ0n) is 24.3. The van der Waals surface area contributed by atoms with Gasteiger partial charge < -0.3 is 15.4 Å². The normalized spacial score (nSPS) is 12.4. The van der Waals surface area contributed by atoms with Gasteiger partial charge in [-0.3, -0.25) is 9.59 Å². The van der Waals surface area contributed by atoms with Gasteiger partial charge in [0.25, 0.3) is 5.91 Å². The highest BCUT2D eigenvalue weighted by Crippen LogP contribution is 2.46. The van der Waals surface area contributed by atoms with Gasteiger partial charge in [-0.05, 0) is 92.7 Å². The van der Waals surface area contributed by atoms with Gasteiger partial charge in [0.1, 0.15) is 11.3 Å². The molecule has 5 nitrogen and oxygen atoms in total. The number of H-pyrrole nitrogens is 1. The summed E-state index contributed by atoms with van der Waals surface area (Å²) >= 11 is 0. The summed E-state index contributed by atoms with van der Waals surface area (Å²) in [5.74, 6) is -0.285. The summed E-state index contributed by atoms with van der Waals surface area (Å²) in [6.45, 7) is 26.1. The Morgan fingerprint density at radius 3 is 1.72 bits per heavy atom. The number of nitrogens with one attached hydrogen (secondary N) is 2. The number of pyridine rings is 1. The monoisotopic (exact) mass is 490 g/mol. The van der Waals surface area contributed by atoms with Crippen LogP contribution in [0, 0.1) is 48.5 Å². The molecule has 0 spiro atoms. The SMILES string of the molecule is Cc1[nH]c2c(C)c(C)c(C)c(C)c2c(=O)c1C(=O)Nc1c(C)c(O)c(C(C)(C)C)c(C)c1C(C)(C)C. The average Bonchev–Trinajstić information content (AvgIpc) is 2.72. The molecule has 5 heteroatoms. The largest absolute Gasteiger partial charge is 0.507 e. The molecule has 0 saturated heterocycles. The molecule has 1 heterocycles. The summed E-state index contributed by atoms with van der Waals surface area (Å²) in [6, 6.07) is 0. The number of carbonyl (C=O) groups is 1. The fourth-order valence-corrected chi connectivity index (χ4v) is 5.74. The Kier molecular flexibility index (Phi) is 6.72. The van der Waals surface area contributed by atoms with Gasteiger partial charge in [0.15, 0.2) is 0 Å². The van der Waals surface area contributed by atoms with E-state index in [1.165, 1.54) is 0 Å². The number of hydrogen-bond acceptors (Lipinski definition) is 3. The van der Waals surface area contributed by atoms with E-state index in [1.807, 2.05) is 34.6 Å². The van der Waals surface area contributed by atoms with Gasteiger partial charge in [0.05, 0.1) is 11.2 Å². The third-order valence-corrected chi connectivity index (χ3v) is 7.76. The Bertz CT molecular complexity index is 1480. The number of benzene rings is 2. The zero-order chi connectivity index (χ0) is 27.7. The molecule has 0 aliphatic carbocycles. The lowest BCUT2D eigenvalue weighted by atomic mass is 9.74. The first-order valence-electron chi connectivity index (χ1n) is 12.6. The van der Waals surface area contributed by atoms with Gasteiger partial charge in [-0.2, -0.15) is 0 Å². The molecule has 3 N–H and O–H groups in total. The topological polar surface area (TPSA) is 82.2 Å². The van der Waals surface area contributed by atoms with E-state index in [1.54, 1.807) is 6.92 Å². The number of hydrogen-bond donors (Lipinski definition) is 3.